The second kappa shape index (κ2) is 33.1. The van der Waals surface area contributed by atoms with Gasteiger partial charge in [0.2, 0.25) is 17.6 Å². The molecule has 9 aromatic heterocycles. The molecule has 0 bridgehead atoms. The molecule has 6 fully saturated rings. The first-order chi connectivity index (χ1) is 51.6. The van der Waals surface area contributed by atoms with E-state index in [4.69, 9.17) is 39.5 Å². The Balaban J connectivity index is 0.000000145. The fourth-order valence-electron chi connectivity index (χ4n) is 12.5. The third kappa shape index (κ3) is 19.4. The third-order valence-electron chi connectivity index (χ3n) is 18.7. The number of hydrogen-bond acceptors (Lipinski definition) is 27. The number of aromatic carboxylic acids is 1. The van der Waals surface area contributed by atoms with E-state index in [-0.39, 0.29) is 77.3 Å². The minimum absolute atomic E-state index is 0.00468. The summed E-state index contributed by atoms with van der Waals surface area (Å²) in [7, 11) is 4.89. The molecule has 6 saturated carbocycles. The van der Waals surface area contributed by atoms with Gasteiger partial charge in [-0.2, -0.15) is 28.8 Å². The molecule has 6 atom stereocenters. The first kappa shape index (κ1) is 76.7. The summed E-state index contributed by atoms with van der Waals surface area (Å²) in [6.07, 6.45) is 22.0. The van der Waals surface area contributed by atoms with Crippen LogP contribution in [0.25, 0.3) is 16.9 Å². The summed E-state index contributed by atoms with van der Waals surface area (Å²) in [4.78, 5) is 92.9. The summed E-state index contributed by atoms with van der Waals surface area (Å²) in [5, 5.41) is 64.4. The maximum absolute atomic E-state index is 13.3. The first-order valence-electron chi connectivity index (χ1n) is 36.7. The molecule has 108 heavy (non-hydrogen) atoms. The van der Waals surface area contributed by atoms with Crippen LogP contribution in [-0.2, 0) is 9.47 Å². The van der Waals surface area contributed by atoms with E-state index < -0.39 is 41.6 Å². The average Bonchev–Trinajstić information content (AvgIpc) is 1.59. The highest BCUT2D eigenvalue weighted by molar-refractivity contribution is 6.03. The molecule has 6 aliphatic carbocycles. The monoisotopic (exact) mass is 1490 g/mol. The molecule has 0 radical (unpaired) electrons. The topological polar surface area (TPSA) is 422 Å². The number of hydrogen-bond donors (Lipinski definition) is 9. The van der Waals surface area contributed by atoms with Crippen LogP contribution in [0.3, 0.4) is 0 Å². The zero-order chi connectivity index (χ0) is 76.7. The van der Waals surface area contributed by atoms with E-state index in [1.807, 2.05) is 24.3 Å². The number of carbonyl (C=O) groups is 5. The van der Waals surface area contributed by atoms with Crippen molar-refractivity contribution in [3.05, 3.63) is 108 Å². The number of aromatic nitrogens is 12. The second-order valence-corrected chi connectivity index (χ2v) is 29.9. The number of aliphatic hydroxyl groups excluding tert-OH is 3. The van der Waals surface area contributed by atoms with Gasteiger partial charge in [-0.1, -0.05) is 12.8 Å². The number of pyridine rings is 3. The third-order valence-corrected chi connectivity index (χ3v) is 18.7. The molecule has 2 unspecified atom stereocenters. The Bertz CT molecular complexity index is 4710. The highest BCUT2D eigenvalue weighted by Crippen LogP contribution is 2.38. The van der Waals surface area contributed by atoms with Crippen molar-refractivity contribution < 1.29 is 68.1 Å². The Labute approximate surface area is 623 Å². The van der Waals surface area contributed by atoms with Gasteiger partial charge in [0.05, 0.1) is 48.0 Å². The van der Waals surface area contributed by atoms with Crippen LogP contribution in [0.15, 0.2) is 91.8 Å². The van der Waals surface area contributed by atoms with E-state index >= 15 is 0 Å². The molecule has 0 spiro atoms. The normalized spacial score (nSPS) is 19.5. The molecule has 33 heteroatoms. The zero-order valence-corrected chi connectivity index (χ0v) is 62.1. The van der Waals surface area contributed by atoms with Crippen molar-refractivity contribution >= 4 is 98.6 Å². The Morgan fingerprint density at radius 2 is 0.870 bits per heavy atom. The summed E-state index contributed by atoms with van der Waals surface area (Å²) < 4.78 is 33.0. The van der Waals surface area contributed by atoms with Crippen molar-refractivity contribution in [2.45, 2.75) is 205 Å². The van der Waals surface area contributed by atoms with Gasteiger partial charge in [-0.05, 0) is 173 Å². The van der Waals surface area contributed by atoms with Crippen LogP contribution in [0, 0.1) is 11.8 Å². The zero-order valence-electron chi connectivity index (χ0n) is 62.1. The minimum Gasteiger partial charge on any atom is -0.477 e. The molecule has 15 rings (SSSR count). The van der Waals surface area contributed by atoms with Crippen LogP contribution in [0.4, 0.5) is 61.6 Å². The van der Waals surface area contributed by atoms with Gasteiger partial charge in [0.1, 0.15) is 87.0 Å². The number of fused-ring (bicyclic) bond motifs is 3. The van der Waals surface area contributed by atoms with E-state index in [9.17, 15) is 39.3 Å². The number of carboxylic acid groups (broad SMARTS) is 1. The van der Waals surface area contributed by atoms with Crippen molar-refractivity contribution in [3.8, 4) is 17.6 Å². The minimum atomic E-state index is -1.19. The number of carboxylic acids is 1. The first-order valence-corrected chi connectivity index (χ1v) is 36.7. The van der Waals surface area contributed by atoms with Gasteiger partial charge in [-0.25, -0.2) is 44.3 Å². The average molecular weight is 1490 g/mol. The van der Waals surface area contributed by atoms with Gasteiger partial charge in [0.25, 0.3) is 0 Å². The molecule has 2 amide bonds. The largest absolute Gasteiger partial charge is 0.477 e. The van der Waals surface area contributed by atoms with Crippen LogP contribution in [0.1, 0.15) is 182 Å². The number of nitrogens with zero attached hydrogens (tertiary/aromatic N) is 14. The predicted octanol–water partition coefficient (Wildman–Crippen LogP) is 11.0. The fourth-order valence-corrected chi connectivity index (χ4v) is 12.5. The number of Topliss-reactive ketones (excluding diaryl/α,β-unsaturated/α-hetero) is 2. The maximum atomic E-state index is 13.3. The van der Waals surface area contributed by atoms with E-state index in [0.29, 0.717) is 93.4 Å². The lowest BCUT2D eigenvalue weighted by atomic mass is 9.96. The number of nitrogens with two attached hydrogens (primary N) is 1. The van der Waals surface area contributed by atoms with Crippen molar-refractivity contribution in [2.75, 3.05) is 52.2 Å². The van der Waals surface area contributed by atoms with Gasteiger partial charge < -0.3 is 71.1 Å². The lowest BCUT2D eigenvalue weighted by Gasteiger charge is -2.25. The molecule has 6 aliphatic rings. The Kier molecular flexibility index (Phi) is 23.5. The molecular formula is C75H95N19O14. The highest BCUT2D eigenvalue weighted by atomic mass is 16.6. The molecule has 574 valence electrons. The number of nitrogens with one attached hydrogen (secondary N) is 4. The van der Waals surface area contributed by atoms with E-state index in [1.54, 1.807) is 115 Å². The lowest BCUT2D eigenvalue weighted by molar-refractivity contribution is 0.0577. The smallest absolute Gasteiger partial charge is 0.415 e. The summed E-state index contributed by atoms with van der Waals surface area (Å²) in [5.41, 5.74) is 7.44. The van der Waals surface area contributed by atoms with E-state index in [2.05, 4.69) is 61.5 Å². The number of rotatable bonds is 22. The van der Waals surface area contributed by atoms with Crippen LogP contribution in [0.2, 0.25) is 0 Å². The van der Waals surface area contributed by atoms with Gasteiger partial charge in [0, 0.05) is 76.8 Å². The summed E-state index contributed by atoms with van der Waals surface area (Å²) in [5.74, 6) is 2.51. The van der Waals surface area contributed by atoms with Crippen molar-refractivity contribution in [3.63, 3.8) is 0 Å². The number of anilines is 9. The van der Waals surface area contributed by atoms with Crippen LogP contribution >= 0.6 is 0 Å². The highest BCUT2D eigenvalue weighted by Gasteiger charge is 2.35. The Morgan fingerprint density at radius 1 is 0.509 bits per heavy atom. The molecule has 0 aliphatic heterocycles. The van der Waals surface area contributed by atoms with Gasteiger partial charge >= 0.3 is 18.2 Å². The summed E-state index contributed by atoms with van der Waals surface area (Å²) in [6.45, 7) is 10.6. The number of carbonyl (C=O) groups excluding carboxylic acids is 4. The molecule has 10 N–H and O–H groups in total. The number of amides is 2. The van der Waals surface area contributed by atoms with Crippen LogP contribution in [-0.4, -0.2) is 184 Å². The summed E-state index contributed by atoms with van der Waals surface area (Å²) in [6, 6.07) is 16.0. The van der Waals surface area contributed by atoms with Gasteiger partial charge in [-0.15, -0.1) is 0 Å². The van der Waals surface area contributed by atoms with Crippen LogP contribution in [0.5, 0.6) is 17.6 Å². The number of aliphatic hydroxyl groups is 3. The second-order valence-electron chi connectivity index (χ2n) is 29.9. The molecule has 9 heterocycles. The maximum Gasteiger partial charge on any atom is 0.415 e. The van der Waals surface area contributed by atoms with E-state index in [1.165, 1.54) is 38.3 Å². The van der Waals surface area contributed by atoms with Crippen LogP contribution < -0.4 is 51.0 Å². The lowest BCUT2D eigenvalue weighted by Crippen LogP contribution is -2.35. The summed E-state index contributed by atoms with van der Waals surface area (Å²) >= 11 is 0. The molecule has 9 aromatic rings. The molecular weight excluding hydrogens is 1390 g/mol. The number of ketones is 2. The van der Waals surface area contributed by atoms with Gasteiger partial charge in [-0.3, -0.25) is 19.4 Å². The standard InChI is InChI=1S/C27H34N6O5.C22H26N6O3.C21H24N6O5.C5H11NO/c1-27(2,3)38-26(36)32(4)23-14-22(30-19-8-6-12-28-25(19)37-17-10-11-17)31-24-18(15-29-33(23)24)21(35)13-16-7-5-9-20(16)34;1-23-20-11-19(26-16-5-3-9-24-22(16)31-14-7-8-14)27-21-15(12-25-28(20)21)18(30)10-13-4-2-6-17(13)29;1-21(2,3)32-20(30)26(4)16-10-15(25-17-13(19(28)29)11-23-27(16)17)24-14-6-5-9-22-18(14)31-12-7-8-12;6-4-2-1-3-5(4)7/h6,8,12,14-17,20,34H,5,7,9-11,13H2,1-4H3,(H,30,31);3,5,9,11-14,17,23,29H,2,4,6-8,10H2,1H3,(H,26,27);5-6,9-12H,7-8H2,1-4H3,(H,24,25)(H,28,29);4-5,7H,1-3,6H2/t16?,20-;13?,17-;;4-,5-/m11.1/s1. The molecule has 0 aromatic carbocycles. The number of ether oxygens (including phenoxy) is 5. The predicted molar refractivity (Wildman–Crippen MR) is 401 cm³/mol. The van der Waals surface area contributed by atoms with E-state index in [0.717, 1.165) is 95.6 Å². The quantitative estimate of drug-likeness (QED) is 0.0285. The molecule has 33 nitrogen and oxygen atoms in total. The SMILES string of the molecule is CN(C(=O)OC(C)(C)C)c1cc(Nc2cccnc2OC2CC2)nc2c(C(=O)CC3CCC[C@H]3O)cnn12.CN(C(=O)OC(C)(C)C)c1cc(Nc2cccnc2OC2CC2)nc2c(C(=O)O)cnn12.CNc1cc(Nc2cccnc2OC2CC2)nc2c(C(=O)CC3CCC[C@H]3O)cnn12.N[C@@H]1CCC[C@H]1O. The fraction of sp³-hybridized carbons (Fsp3) is 0.493. The van der Waals surface area contributed by atoms with Crippen molar-refractivity contribution in [2.24, 2.45) is 17.6 Å². The Morgan fingerprint density at radius 3 is 1.20 bits per heavy atom. The molecule has 0 saturated heterocycles. The van der Waals surface area contributed by atoms with Crippen molar-refractivity contribution in [1.29, 1.82) is 0 Å². The van der Waals surface area contributed by atoms with Crippen molar-refractivity contribution in [1.82, 2.24) is 58.7 Å². The van der Waals surface area contributed by atoms with Gasteiger partial charge in [0.15, 0.2) is 28.5 Å². The Hall–Kier alpha value is -10.9.